The first-order valence-corrected chi connectivity index (χ1v) is 7.55. The number of alkyl halides is 1. The zero-order valence-corrected chi connectivity index (χ0v) is 13.2. The van der Waals surface area contributed by atoms with Crippen molar-refractivity contribution in [1.29, 1.82) is 0 Å². The Morgan fingerprint density at radius 3 is 2.14 bits per heavy atom. The molecule has 0 atom stereocenters. The van der Waals surface area contributed by atoms with E-state index in [1.54, 1.807) is 0 Å². The van der Waals surface area contributed by atoms with Crippen molar-refractivity contribution in [2.24, 2.45) is 0 Å². The lowest BCUT2D eigenvalue weighted by atomic mass is 9.84. The number of carbonyl (C=O) groups is 1. The molecule has 0 aromatic heterocycles. The van der Waals surface area contributed by atoms with E-state index in [0.29, 0.717) is 12.4 Å². The van der Waals surface area contributed by atoms with E-state index >= 15 is 0 Å². The van der Waals surface area contributed by atoms with E-state index in [4.69, 9.17) is 11.6 Å². The van der Waals surface area contributed by atoms with Crippen LogP contribution in [0.1, 0.15) is 30.5 Å². The first-order chi connectivity index (χ1) is 10.0. The van der Waals surface area contributed by atoms with E-state index in [9.17, 15) is 4.79 Å². The summed E-state index contributed by atoms with van der Waals surface area (Å²) in [6, 6.07) is 17.8. The molecule has 0 saturated heterocycles. The highest BCUT2D eigenvalue weighted by atomic mass is 35.5. The third kappa shape index (κ3) is 3.85. The third-order valence-electron chi connectivity index (χ3n) is 3.69. The number of amides is 1. The maximum atomic E-state index is 12.4. The Morgan fingerprint density at radius 1 is 1.00 bits per heavy atom. The smallest absolute Gasteiger partial charge is 0.230 e. The fourth-order valence-corrected chi connectivity index (χ4v) is 2.31. The van der Waals surface area contributed by atoms with Crippen molar-refractivity contribution in [1.82, 2.24) is 5.32 Å². The number of rotatable bonds is 5. The van der Waals surface area contributed by atoms with Gasteiger partial charge in [0.15, 0.2) is 0 Å². The Balaban J connectivity index is 2.00. The van der Waals surface area contributed by atoms with E-state index in [1.807, 2.05) is 68.4 Å². The zero-order chi connectivity index (χ0) is 15.3. The summed E-state index contributed by atoms with van der Waals surface area (Å²) in [4.78, 5) is 12.4. The van der Waals surface area contributed by atoms with Crippen LogP contribution < -0.4 is 5.32 Å². The van der Waals surface area contributed by atoms with Crippen molar-refractivity contribution >= 4 is 17.5 Å². The number of benzene rings is 2. The second kappa shape index (κ2) is 6.77. The Labute approximate surface area is 131 Å². The maximum Gasteiger partial charge on any atom is 0.230 e. The van der Waals surface area contributed by atoms with Gasteiger partial charge in [-0.05, 0) is 30.5 Å². The molecule has 0 unspecified atom stereocenters. The van der Waals surface area contributed by atoms with E-state index in [-0.39, 0.29) is 5.91 Å². The van der Waals surface area contributed by atoms with Crippen LogP contribution in [-0.2, 0) is 22.6 Å². The fraction of sp³-hybridized carbons (Fsp3) is 0.278. The lowest BCUT2D eigenvalue weighted by Crippen LogP contribution is -2.39. The van der Waals surface area contributed by atoms with Gasteiger partial charge >= 0.3 is 0 Å². The quantitative estimate of drug-likeness (QED) is 0.830. The van der Waals surface area contributed by atoms with Gasteiger partial charge in [-0.2, -0.15) is 0 Å². The normalized spacial score (nSPS) is 11.2. The highest BCUT2D eigenvalue weighted by Crippen LogP contribution is 2.23. The number of hydrogen-bond acceptors (Lipinski definition) is 1. The van der Waals surface area contributed by atoms with E-state index < -0.39 is 5.41 Å². The summed E-state index contributed by atoms with van der Waals surface area (Å²) < 4.78 is 0. The van der Waals surface area contributed by atoms with E-state index in [0.717, 1.165) is 16.7 Å². The molecule has 2 aromatic rings. The summed E-state index contributed by atoms with van der Waals surface area (Å²) in [5.41, 5.74) is 2.62. The number of nitrogens with one attached hydrogen (secondary N) is 1. The minimum absolute atomic E-state index is 0.0233. The molecule has 2 aromatic carbocycles. The summed E-state index contributed by atoms with van der Waals surface area (Å²) >= 11 is 5.76. The minimum atomic E-state index is -0.544. The molecular weight excluding hydrogens is 282 g/mol. The van der Waals surface area contributed by atoms with Gasteiger partial charge in [-0.15, -0.1) is 11.6 Å². The van der Waals surface area contributed by atoms with Crippen molar-refractivity contribution in [3.8, 4) is 0 Å². The molecule has 0 bridgehead atoms. The summed E-state index contributed by atoms with van der Waals surface area (Å²) in [6.07, 6.45) is 0. The minimum Gasteiger partial charge on any atom is -0.351 e. The topological polar surface area (TPSA) is 29.1 Å². The van der Waals surface area contributed by atoms with Crippen LogP contribution in [0.25, 0.3) is 0 Å². The molecule has 110 valence electrons. The molecule has 1 N–H and O–H groups in total. The van der Waals surface area contributed by atoms with Crippen LogP contribution >= 0.6 is 11.6 Å². The lowest BCUT2D eigenvalue weighted by molar-refractivity contribution is -0.125. The van der Waals surface area contributed by atoms with Crippen molar-refractivity contribution in [2.45, 2.75) is 31.7 Å². The predicted molar refractivity (Wildman–Crippen MR) is 87.3 cm³/mol. The maximum absolute atomic E-state index is 12.4. The van der Waals surface area contributed by atoms with Gasteiger partial charge in [0.25, 0.3) is 0 Å². The SMILES string of the molecule is CC(C)(C(=O)NCc1ccc(CCl)cc1)c1ccccc1. The monoisotopic (exact) mass is 301 g/mol. The Bertz CT molecular complexity index is 590. The summed E-state index contributed by atoms with van der Waals surface area (Å²) in [6.45, 7) is 4.40. The molecule has 3 heteroatoms. The van der Waals surface area contributed by atoms with Gasteiger partial charge in [0.2, 0.25) is 5.91 Å². The van der Waals surface area contributed by atoms with Crippen molar-refractivity contribution in [2.75, 3.05) is 0 Å². The fourth-order valence-electron chi connectivity index (χ4n) is 2.14. The van der Waals surface area contributed by atoms with Gasteiger partial charge in [0, 0.05) is 12.4 Å². The molecule has 2 rings (SSSR count). The molecule has 2 nitrogen and oxygen atoms in total. The molecule has 0 heterocycles. The first kappa shape index (κ1) is 15.6. The molecule has 0 aliphatic rings. The van der Waals surface area contributed by atoms with Crippen LogP contribution in [0.5, 0.6) is 0 Å². The lowest BCUT2D eigenvalue weighted by Gasteiger charge is -2.24. The third-order valence-corrected chi connectivity index (χ3v) is 4.00. The van der Waals surface area contributed by atoms with Crippen LogP contribution in [0.3, 0.4) is 0 Å². The zero-order valence-electron chi connectivity index (χ0n) is 12.4. The van der Waals surface area contributed by atoms with Crippen LogP contribution in [-0.4, -0.2) is 5.91 Å². The van der Waals surface area contributed by atoms with Gasteiger partial charge in [0.1, 0.15) is 0 Å². The summed E-state index contributed by atoms with van der Waals surface area (Å²) in [5, 5.41) is 3.00. The Hall–Kier alpha value is -1.80. The number of carbonyl (C=O) groups excluding carboxylic acids is 1. The Morgan fingerprint density at radius 2 is 1.57 bits per heavy atom. The van der Waals surface area contributed by atoms with E-state index in [2.05, 4.69) is 5.32 Å². The van der Waals surface area contributed by atoms with Crippen molar-refractivity contribution in [3.05, 3.63) is 71.3 Å². The predicted octanol–water partition coefficient (Wildman–Crippen LogP) is 4.02. The average molecular weight is 302 g/mol. The number of hydrogen-bond donors (Lipinski definition) is 1. The molecule has 0 spiro atoms. The van der Waals surface area contributed by atoms with Crippen LogP contribution in [0.2, 0.25) is 0 Å². The largest absolute Gasteiger partial charge is 0.351 e. The first-order valence-electron chi connectivity index (χ1n) is 7.01. The molecule has 1 amide bonds. The van der Waals surface area contributed by atoms with Gasteiger partial charge in [-0.3, -0.25) is 4.79 Å². The second-order valence-electron chi connectivity index (χ2n) is 5.62. The highest BCUT2D eigenvalue weighted by Gasteiger charge is 2.29. The molecular formula is C18H20ClNO. The highest BCUT2D eigenvalue weighted by molar-refractivity contribution is 6.17. The van der Waals surface area contributed by atoms with E-state index in [1.165, 1.54) is 0 Å². The standard InChI is InChI=1S/C18H20ClNO/c1-18(2,16-6-4-3-5-7-16)17(21)20-13-15-10-8-14(12-19)9-11-15/h3-11H,12-13H2,1-2H3,(H,20,21). The van der Waals surface area contributed by atoms with Crippen molar-refractivity contribution in [3.63, 3.8) is 0 Å². The molecule has 0 fully saturated rings. The summed E-state index contributed by atoms with van der Waals surface area (Å²) in [7, 11) is 0. The van der Waals surface area contributed by atoms with Gasteiger partial charge in [-0.25, -0.2) is 0 Å². The Kier molecular flexibility index (Phi) is 5.03. The molecule has 0 radical (unpaired) electrons. The molecule has 21 heavy (non-hydrogen) atoms. The van der Waals surface area contributed by atoms with Gasteiger partial charge in [0.05, 0.1) is 5.41 Å². The molecule has 0 aliphatic heterocycles. The van der Waals surface area contributed by atoms with Gasteiger partial charge < -0.3 is 5.32 Å². The molecule has 0 saturated carbocycles. The average Bonchev–Trinajstić information content (AvgIpc) is 2.53. The van der Waals surface area contributed by atoms with Crippen LogP contribution in [0.4, 0.5) is 0 Å². The second-order valence-corrected chi connectivity index (χ2v) is 5.89. The van der Waals surface area contributed by atoms with Crippen molar-refractivity contribution < 1.29 is 4.79 Å². The van der Waals surface area contributed by atoms with Crippen LogP contribution in [0.15, 0.2) is 54.6 Å². The molecule has 0 aliphatic carbocycles. The summed E-state index contributed by atoms with van der Waals surface area (Å²) in [5.74, 6) is 0.531. The number of halogens is 1. The van der Waals surface area contributed by atoms with Crippen LogP contribution in [0, 0.1) is 0 Å². The van der Waals surface area contributed by atoms with Gasteiger partial charge in [-0.1, -0.05) is 54.6 Å².